The van der Waals surface area contributed by atoms with Gasteiger partial charge in [0, 0.05) is 30.1 Å². The summed E-state index contributed by atoms with van der Waals surface area (Å²) in [6.07, 6.45) is 5.35. The number of alkyl carbamates (subject to hydrolysis) is 1. The largest absolute Gasteiger partial charge is 0.444 e. The first kappa shape index (κ1) is 29.5. The molecule has 0 saturated carbocycles. The van der Waals surface area contributed by atoms with E-state index >= 15 is 0 Å². The quantitative estimate of drug-likeness (QED) is 0.455. The Bertz CT molecular complexity index is 1010. The van der Waals surface area contributed by atoms with Crippen molar-refractivity contribution in [2.45, 2.75) is 91.1 Å². The number of likely N-dealkylation sites (tertiary alicyclic amines) is 1. The number of aliphatic hydroxyl groups is 1. The second kappa shape index (κ2) is 12.0. The predicted octanol–water partition coefficient (Wildman–Crippen LogP) is 3.62. The molecule has 3 amide bonds. The minimum atomic E-state index is -0.946. The summed E-state index contributed by atoms with van der Waals surface area (Å²) in [6.45, 7) is 11.1. The molecule has 3 N–H and O–H groups in total. The number of benzene rings is 1. The molecule has 1 aliphatic rings. The number of carbonyl (C=O) groups excluding carboxylic acids is 3. The normalized spacial score (nSPS) is 18.8. The SMILES string of the molecule is C#Cc1ccc(CNC(=O)[C@@H]2C[C@@H](O)CN2C(=O)[C@@H](NC(=O)OC(C)(C)C)C(C)(C)CCC)c(Cl)c1. The van der Waals surface area contributed by atoms with Gasteiger partial charge in [0.25, 0.3) is 0 Å². The summed E-state index contributed by atoms with van der Waals surface area (Å²) >= 11 is 6.27. The lowest BCUT2D eigenvalue weighted by atomic mass is 9.79. The van der Waals surface area contributed by atoms with Crippen LogP contribution in [0.25, 0.3) is 0 Å². The average molecular weight is 520 g/mol. The van der Waals surface area contributed by atoms with E-state index in [0.29, 0.717) is 22.6 Å². The molecule has 36 heavy (non-hydrogen) atoms. The molecular weight excluding hydrogens is 482 g/mol. The van der Waals surface area contributed by atoms with Crippen molar-refractivity contribution in [3.05, 3.63) is 34.3 Å². The first-order chi connectivity index (χ1) is 16.7. The molecule has 2 rings (SSSR count). The van der Waals surface area contributed by atoms with Crippen molar-refractivity contribution in [1.82, 2.24) is 15.5 Å². The zero-order valence-electron chi connectivity index (χ0n) is 22.0. The Hall–Kier alpha value is -2.76. The molecule has 0 aromatic heterocycles. The monoisotopic (exact) mass is 519 g/mol. The third-order valence-electron chi connectivity index (χ3n) is 6.12. The van der Waals surface area contributed by atoms with Gasteiger partial charge in [-0.1, -0.05) is 50.8 Å². The Balaban J connectivity index is 2.22. The molecule has 1 aromatic carbocycles. The number of halogens is 1. The lowest BCUT2D eigenvalue weighted by molar-refractivity contribution is -0.142. The van der Waals surface area contributed by atoms with Gasteiger partial charge in [0.1, 0.15) is 17.7 Å². The molecule has 1 aliphatic heterocycles. The maximum absolute atomic E-state index is 13.8. The van der Waals surface area contributed by atoms with Crippen LogP contribution in [0.15, 0.2) is 18.2 Å². The summed E-state index contributed by atoms with van der Waals surface area (Å²) in [6, 6.07) is 3.26. The average Bonchev–Trinajstić information content (AvgIpc) is 3.16. The van der Waals surface area contributed by atoms with Crippen LogP contribution in [-0.4, -0.2) is 58.2 Å². The lowest BCUT2D eigenvalue weighted by Crippen LogP contribution is -2.58. The van der Waals surface area contributed by atoms with Crippen molar-refractivity contribution in [2.75, 3.05) is 6.54 Å². The van der Waals surface area contributed by atoms with Gasteiger partial charge in [-0.2, -0.15) is 0 Å². The van der Waals surface area contributed by atoms with Crippen LogP contribution < -0.4 is 10.6 Å². The molecule has 1 heterocycles. The molecule has 0 unspecified atom stereocenters. The summed E-state index contributed by atoms with van der Waals surface area (Å²) in [5.41, 5.74) is -0.0553. The summed E-state index contributed by atoms with van der Waals surface area (Å²) in [5, 5.41) is 16.3. The first-order valence-corrected chi connectivity index (χ1v) is 12.6. The molecule has 3 atom stereocenters. The van der Waals surface area contributed by atoms with E-state index in [0.717, 1.165) is 6.42 Å². The Kier molecular flexibility index (Phi) is 9.81. The third-order valence-corrected chi connectivity index (χ3v) is 6.47. The number of rotatable bonds is 8. The Morgan fingerprint density at radius 2 is 1.94 bits per heavy atom. The van der Waals surface area contributed by atoms with Crippen LogP contribution in [0.1, 0.15) is 71.9 Å². The standard InChI is InChI=1S/C27H38ClN3O5/c1-8-12-27(6,7)22(30-25(35)36-26(3,4)5)24(34)31-16-19(32)14-21(31)23(33)29-15-18-11-10-17(9-2)13-20(18)28/h2,10-11,13,19,21-22,32H,8,12,14-16H2,1,3-7H3,(H,29,33)(H,30,35)/t19-,21+,22-/m1/s1. The number of carbonyl (C=O) groups is 3. The van der Waals surface area contributed by atoms with Gasteiger partial charge in [-0.3, -0.25) is 9.59 Å². The van der Waals surface area contributed by atoms with Gasteiger partial charge in [0.15, 0.2) is 0 Å². The Morgan fingerprint density at radius 1 is 1.28 bits per heavy atom. The van der Waals surface area contributed by atoms with E-state index in [1.807, 2.05) is 20.8 Å². The topological polar surface area (TPSA) is 108 Å². The highest BCUT2D eigenvalue weighted by atomic mass is 35.5. The number of β-amino-alcohol motifs (C(OH)–C–C–N with tert-alkyl or cyclic N) is 1. The Morgan fingerprint density at radius 3 is 2.50 bits per heavy atom. The fourth-order valence-electron chi connectivity index (χ4n) is 4.36. The lowest BCUT2D eigenvalue weighted by Gasteiger charge is -2.37. The number of amides is 3. The molecule has 0 spiro atoms. The molecule has 1 saturated heterocycles. The minimum absolute atomic E-state index is 0.0107. The van der Waals surface area contributed by atoms with Crippen LogP contribution in [0, 0.1) is 17.8 Å². The molecule has 1 fully saturated rings. The van der Waals surface area contributed by atoms with Crippen LogP contribution in [0.3, 0.4) is 0 Å². The van der Waals surface area contributed by atoms with Gasteiger partial charge in [-0.15, -0.1) is 6.42 Å². The van der Waals surface area contributed by atoms with Gasteiger partial charge in [-0.05, 0) is 50.3 Å². The van der Waals surface area contributed by atoms with Crippen molar-refractivity contribution < 1.29 is 24.2 Å². The van der Waals surface area contributed by atoms with E-state index in [1.165, 1.54) is 4.90 Å². The number of hydrogen-bond donors (Lipinski definition) is 3. The van der Waals surface area contributed by atoms with E-state index < -0.39 is 47.1 Å². The zero-order valence-corrected chi connectivity index (χ0v) is 22.7. The molecule has 9 heteroatoms. The number of aliphatic hydroxyl groups excluding tert-OH is 1. The Labute approximate surface area is 219 Å². The van der Waals surface area contributed by atoms with E-state index in [4.69, 9.17) is 22.8 Å². The van der Waals surface area contributed by atoms with E-state index in [9.17, 15) is 19.5 Å². The second-order valence-electron chi connectivity index (χ2n) is 10.9. The van der Waals surface area contributed by atoms with Crippen molar-refractivity contribution >= 4 is 29.5 Å². The molecule has 1 aromatic rings. The van der Waals surface area contributed by atoms with Gasteiger partial charge in [0.2, 0.25) is 11.8 Å². The van der Waals surface area contributed by atoms with Crippen LogP contribution in [0.5, 0.6) is 0 Å². The highest BCUT2D eigenvalue weighted by molar-refractivity contribution is 6.31. The number of hydrogen-bond acceptors (Lipinski definition) is 5. The van der Waals surface area contributed by atoms with Crippen LogP contribution in [0.4, 0.5) is 4.79 Å². The summed E-state index contributed by atoms with van der Waals surface area (Å²) in [5.74, 6) is 1.65. The highest BCUT2D eigenvalue weighted by Gasteiger charge is 2.45. The van der Waals surface area contributed by atoms with Crippen molar-refractivity contribution in [3.63, 3.8) is 0 Å². The van der Waals surface area contributed by atoms with Crippen molar-refractivity contribution in [2.24, 2.45) is 5.41 Å². The number of nitrogens with one attached hydrogen (secondary N) is 2. The maximum atomic E-state index is 13.8. The summed E-state index contributed by atoms with van der Waals surface area (Å²) in [4.78, 5) is 40.8. The predicted molar refractivity (Wildman–Crippen MR) is 139 cm³/mol. The maximum Gasteiger partial charge on any atom is 0.408 e. The number of terminal acetylenes is 1. The summed E-state index contributed by atoms with van der Waals surface area (Å²) in [7, 11) is 0. The molecule has 0 aliphatic carbocycles. The molecule has 8 nitrogen and oxygen atoms in total. The minimum Gasteiger partial charge on any atom is -0.444 e. The fourth-order valence-corrected chi connectivity index (χ4v) is 4.61. The van der Waals surface area contributed by atoms with Gasteiger partial charge in [-0.25, -0.2) is 4.79 Å². The van der Waals surface area contributed by atoms with Crippen molar-refractivity contribution in [3.8, 4) is 12.3 Å². The molecular formula is C27H38ClN3O5. The smallest absolute Gasteiger partial charge is 0.408 e. The van der Waals surface area contributed by atoms with E-state index in [-0.39, 0.29) is 19.5 Å². The highest BCUT2D eigenvalue weighted by Crippen LogP contribution is 2.31. The molecule has 198 valence electrons. The van der Waals surface area contributed by atoms with Crippen molar-refractivity contribution in [1.29, 1.82) is 0 Å². The molecule has 0 bridgehead atoms. The van der Waals surface area contributed by atoms with Crippen LogP contribution in [-0.2, 0) is 20.9 Å². The fraction of sp³-hybridized carbons (Fsp3) is 0.593. The van der Waals surface area contributed by atoms with Gasteiger partial charge in [0.05, 0.1) is 6.10 Å². The number of nitrogens with zero attached hydrogens (tertiary/aromatic N) is 1. The van der Waals surface area contributed by atoms with Crippen LogP contribution >= 0.6 is 11.6 Å². The van der Waals surface area contributed by atoms with Gasteiger partial charge >= 0.3 is 6.09 Å². The van der Waals surface area contributed by atoms with Gasteiger partial charge < -0.3 is 25.4 Å². The summed E-state index contributed by atoms with van der Waals surface area (Å²) < 4.78 is 5.39. The first-order valence-electron chi connectivity index (χ1n) is 12.2. The van der Waals surface area contributed by atoms with E-state index in [2.05, 4.69) is 16.6 Å². The molecule has 0 radical (unpaired) electrons. The number of ether oxygens (including phenoxy) is 1. The third kappa shape index (κ3) is 7.87. The zero-order chi connectivity index (χ0) is 27.3. The second-order valence-corrected chi connectivity index (χ2v) is 11.3. The van der Waals surface area contributed by atoms with E-state index in [1.54, 1.807) is 39.0 Å². The van der Waals surface area contributed by atoms with Crippen LogP contribution in [0.2, 0.25) is 5.02 Å².